The topological polar surface area (TPSA) is 123 Å². The fourth-order valence-electron chi connectivity index (χ4n) is 4.41. The maximum absolute atomic E-state index is 13.2. The van der Waals surface area contributed by atoms with Crippen molar-refractivity contribution in [2.24, 2.45) is 11.1 Å². The number of carbonyl (C=O) groups excluding carboxylic acids is 3. The van der Waals surface area contributed by atoms with Gasteiger partial charge in [0, 0.05) is 17.7 Å². The molecule has 2 heterocycles. The van der Waals surface area contributed by atoms with E-state index in [1.807, 2.05) is 6.92 Å². The second kappa shape index (κ2) is 8.64. The quantitative estimate of drug-likeness (QED) is 0.664. The third-order valence-electron chi connectivity index (χ3n) is 5.71. The van der Waals surface area contributed by atoms with Crippen LogP contribution in [0.2, 0.25) is 0 Å². The predicted octanol–water partition coefficient (Wildman–Crippen LogP) is 1.82. The zero-order chi connectivity index (χ0) is 22.8. The zero-order valence-corrected chi connectivity index (χ0v) is 17.7. The molecule has 8 nitrogen and oxygen atoms in total. The Kier molecular flexibility index (Phi) is 6.16. The van der Waals surface area contributed by atoms with Gasteiger partial charge in [0.05, 0.1) is 25.3 Å². The fourth-order valence-corrected chi connectivity index (χ4v) is 4.41. The highest BCUT2D eigenvalue weighted by Gasteiger charge is 2.66. The summed E-state index contributed by atoms with van der Waals surface area (Å²) in [6.07, 6.45) is 4.66. The molecule has 1 fully saturated rings. The first kappa shape index (κ1) is 22.1. The van der Waals surface area contributed by atoms with Gasteiger partial charge in [-0.25, -0.2) is 0 Å². The molecule has 1 amide bonds. The molecule has 0 spiro atoms. The van der Waals surface area contributed by atoms with Gasteiger partial charge in [-0.05, 0) is 38.5 Å². The Labute approximate surface area is 180 Å². The van der Waals surface area contributed by atoms with Crippen molar-refractivity contribution in [2.75, 3.05) is 13.2 Å². The summed E-state index contributed by atoms with van der Waals surface area (Å²) in [7, 11) is 0. The van der Waals surface area contributed by atoms with E-state index < -0.39 is 35.3 Å². The van der Waals surface area contributed by atoms with Crippen molar-refractivity contribution in [1.29, 1.82) is 5.26 Å². The molecule has 2 N–H and O–H groups in total. The normalized spacial score (nSPS) is 26.5. The van der Waals surface area contributed by atoms with Gasteiger partial charge in [0.25, 0.3) is 0 Å². The number of benzene rings is 1. The van der Waals surface area contributed by atoms with E-state index in [1.165, 1.54) is 13.1 Å². The van der Waals surface area contributed by atoms with E-state index in [-0.39, 0.29) is 12.4 Å². The summed E-state index contributed by atoms with van der Waals surface area (Å²) < 4.78 is 10.8. The van der Waals surface area contributed by atoms with E-state index in [0.29, 0.717) is 23.5 Å². The van der Waals surface area contributed by atoms with Gasteiger partial charge in [-0.3, -0.25) is 14.4 Å². The molecule has 162 valence electrons. The van der Waals surface area contributed by atoms with Crippen LogP contribution in [0, 0.1) is 16.7 Å². The van der Waals surface area contributed by atoms with E-state index in [0.717, 1.165) is 0 Å². The average molecular weight is 423 g/mol. The molecule has 1 aromatic carbocycles. The summed E-state index contributed by atoms with van der Waals surface area (Å²) in [5.41, 5.74) is 4.96. The molecule has 0 aromatic heterocycles. The lowest BCUT2D eigenvalue weighted by molar-refractivity contribution is -0.153. The molecule has 1 saturated heterocycles. The number of Topliss-reactive ketones (excluding diaryl/α,β-unsaturated/α-hetero) is 1. The molecule has 0 aliphatic carbocycles. The Balaban J connectivity index is 2.23. The molecule has 0 radical (unpaired) electrons. The molecular formula is C23H25N3O5. The number of esters is 1. The third-order valence-corrected chi connectivity index (χ3v) is 5.71. The van der Waals surface area contributed by atoms with Crippen LogP contribution in [0.1, 0.15) is 32.3 Å². The number of amides is 1. The number of carbonyl (C=O) groups is 3. The minimum Gasteiger partial charge on any atom is -0.494 e. The van der Waals surface area contributed by atoms with E-state index in [2.05, 4.69) is 6.07 Å². The van der Waals surface area contributed by atoms with Crippen molar-refractivity contribution < 1.29 is 23.9 Å². The zero-order valence-electron chi connectivity index (χ0n) is 17.7. The van der Waals surface area contributed by atoms with Gasteiger partial charge < -0.3 is 20.1 Å². The van der Waals surface area contributed by atoms with Gasteiger partial charge in [-0.1, -0.05) is 24.3 Å². The van der Waals surface area contributed by atoms with E-state index in [9.17, 15) is 19.6 Å². The molecule has 0 unspecified atom stereocenters. The highest BCUT2D eigenvalue weighted by atomic mass is 16.5. The SMILES string of the molecule is CCOC(=O)[C@]1(C#N)[C@@H]2C=CC(C(C)=O)=CN2[C@@H](C(N)=O)[C@@H]1c1ccc(OCC)cc1. The summed E-state index contributed by atoms with van der Waals surface area (Å²) in [5, 5.41) is 10.3. The number of allylic oxidation sites excluding steroid dienone is 2. The van der Waals surface area contributed by atoms with Crippen LogP contribution in [-0.4, -0.2) is 47.9 Å². The number of hydrogen-bond acceptors (Lipinski definition) is 7. The number of hydrogen-bond donors (Lipinski definition) is 1. The van der Waals surface area contributed by atoms with Crippen molar-refractivity contribution in [3.05, 3.63) is 53.8 Å². The summed E-state index contributed by atoms with van der Waals surface area (Å²) in [5.74, 6) is -1.95. The molecule has 1 aromatic rings. The van der Waals surface area contributed by atoms with Crippen LogP contribution in [0.3, 0.4) is 0 Å². The van der Waals surface area contributed by atoms with Gasteiger partial charge in [0.15, 0.2) is 11.2 Å². The number of rotatable bonds is 7. The third kappa shape index (κ3) is 3.56. The van der Waals surface area contributed by atoms with Crippen LogP contribution < -0.4 is 10.5 Å². The van der Waals surface area contributed by atoms with Crippen LogP contribution in [-0.2, 0) is 19.1 Å². The van der Waals surface area contributed by atoms with E-state index >= 15 is 0 Å². The minimum atomic E-state index is -1.74. The van der Waals surface area contributed by atoms with E-state index in [4.69, 9.17) is 15.2 Å². The Morgan fingerprint density at radius 1 is 1.19 bits per heavy atom. The molecular weight excluding hydrogens is 398 g/mol. The van der Waals surface area contributed by atoms with Crippen molar-refractivity contribution >= 4 is 17.7 Å². The number of nitrogens with zero attached hydrogens (tertiary/aromatic N) is 2. The first-order valence-electron chi connectivity index (χ1n) is 10.1. The molecule has 31 heavy (non-hydrogen) atoms. The summed E-state index contributed by atoms with van der Waals surface area (Å²) in [6, 6.07) is 7.16. The monoisotopic (exact) mass is 423 g/mol. The second-order valence-corrected chi connectivity index (χ2v) is 7.42. The molecule has 4 atom stereocenters. The number of ketones is 1. The highest BCUT2D eigenvalue weighted by molar-refractivity contribution is 5.97. The smallest absolute Gasteiger partial charge is 0.329 e. The second-order valence-electron chi connectivity index (χ2n) is 7.42. The molecule has 2 aliphatic rings. The predicted molar refractivity (Wildman–Crippen MR) is 112 cm³/mol. The van der Waals surface area contributed by atoms with Crippen LogP contribution >= 0.6 is 0 Å². The average Bonchev–Trinajstić information content (AvgIpc) is 3.05. The number of primary amides is 1. The largest absolute Gasteiger partial charge is 0.494 e. The number of fused-ring (bicyclic) bond motifs is 1. The summed E-state index contributed by atoms with van der Waals surface area (Å²) >= 11 is 0. The van der Waals surface area contributed by atoms with Crippen LogP contribution in [0.25, 0.3) is 0 Å². The van der Waals surface area contributed by atoms with Crippen LogP contribution in [0.15, 0.2) is 48.2 Å². The molecule has 8 heteroatoms. The lowest BCUT2D eigenvalue weighted by Crippen LogP contribution is -2.45. The first-order valence-corrected chi connectivity index (χ1v) is 10.1. The highest BCUT2D eigenvalue weighted by Crippen LogP contribution is 2.53. The Morgan fingerprint density at radius 2 is 1.87 bits per heavy atom. The summed E-state index contributed by atoms with van der Waals surface area (Å²) in [4.78, 5) is 39.3. The maximum Gasteiger partial charge on any atom is 0.329 e. The Hall–Kier alpha value is -3.60. The standard InChI is InChI=1S/C23H25N3O5/c1-4-30-17-9-6-15(7-10-17)19-20(21(25)28)26-12-16(14(3)27)8-11-18(26)23(19,13-24)22(29)31-5-2/h6-12,18-20H,4-5H2,1-3H3,(H2,25,28)/t18-,19-,20+,23+/m0/s1. The van der Waals surface area contributed by atoms with Crippen molar-refractivity contribution in [3.8, 4) is 11.8 Å². The molecule has 3 rings (SSSR count). The van der Waals surface area contributed by atoms with Gasteiger partial charge in [-0.15, -0.1) is 0 Å². The molecule has 0 saturated carbocycles. The Morgan fingerprint density at radius 3 is 2.39 bits per heavy atom. The van der Waals surface area contributed by atoms with Gasteiger partial charge in [0.1, 0.15) is 11.8 Å². The number of nitrogens with two attached hydrogens (primary N) is 1. The molecule has 0 bridgehead atoms. The summed E-state index contributed by atoms with van der Waals surface area (Å²) in [6.45, 7) is 5.47. The number of nitriles is 1. The maximum atomic E-state index is 13.2. The molecule has 2 aliphatic heterocycles. The lowest BCUT2D eigenvalue weighted by atomic mass is 9.68. The van der Waals surface area contributed by atoms with Gasteiger partial charge in [-0.2, -0.15) is 5.26 Å². The van der Waals surface area contributed by atoms with Gasteiger partial charge in [0.2, 0.25) is 5.91 Å². The van der Waals surface area contributed by atoms with Crippen molar-refractivity contribution in [2.45, 2.75) is 38.8 Å². The minimum absolute atomic E-state index is 0.0739. The first-order chi connectivity index (χ1) is 14.8. The van der Waals surface area contributed by atoms with Crippen LogP contribution in [0.4, 0.5) is 0 Å². The fraction of sp³-hybridized carbons (Fsp3) is 0.391. The van der Waals surface area contributed by atoms with E-state index in [1.54, 1.807) is 48.2 Å². The van der Waals surface area contributed by atoms with Crippen molar-refractivity contribution in [3.63, 3.8) is 0 Å². The van der Waals surface area contributed by atoms with Gasteiger partial charge >= 0.3 is 5.97 Å². The van der Waals surface area contributed by atoms with Crippen LogP contribution in [0.5, 0.6) is 5.75 Å². The number of ether oxygens (including phenoxy) is 2. The lowest BCUT2D eigenvalue weighted by Gasteiger charge is -2.32. The van der Waals surface area contributed by atoms with Crippen molar-refractivity contribution in [1.82, 2.24) is 4.90 Å². The Bertz CT molecular complexity index is 991.